The number of imide groups is 1. The Morgan fingerprint density at radius 2 is 2.25 bits per heavy atom. The molecule has 16 heavy (non-hydrogen) atoms. The van der Waals surface area contributed by atoms with Crippen LogP contribution in [0.3, 0.4) is 0 Å². The Hall–Kier alpha value is -1.43. The largest absolute Gasteiger partial charge is 0.343 e. The third-order valence-electron chi connectivity index (χ3n) is 2.74. The van der Waals surface area contributed by atoms with Gasteiger partial charge in [0.15, 0.2) is 0 Å². The number of hydrogen-bond acceptors (Lipinski definition) is 4. The van der Waals surface area contributed by atoms with Crippen LogP contribution in [0.15, 0.2) is 0 Å². The van der Waals surface area contributed by atoms with E-state index >= 15 is 0 Å². The molecule has 1 aliphatic heterocycles. The number of likely N-dealkylation sites (N-methyl/N-ethyl adjacent to an activating group) is 1. The zero-order valence-electron chi connectivity index (χ0n) is 9.53. The molecule has 0 radical (unpaired) electrons. The molecule has 0 aromatic carbocycles. The molecule has 0 bridgehead atoms. The number of likely N-dealkylation sites (tertiary alicyclic amines) is 1. The zero-order chi connectivity index (χ0) is 12.3. The molecule has 0 aliphatic carbocycles. The maximum Gasteiger partial charge on any atom is 0.251 e. The first-order chi connectivity index (χ1) is 7.47. The molecule has 1 aliphatic rings. The molecular weight excluding hydrogens is 210 g/mol. The van der Waals surface area contributed by atoms with Gasteiger partial charge in [-0.25, -0.2) is 0 Å². The van der Waals surface area contributed by atoms with E-state index in [9.17, 15) is 14.4 Å². The molecule has 1 saturated heterocycles. The third-order valence-corrected chi connectivity index (χ3v) is 2.74. The Kier molecular flexibility index (Phi) is 4.00. The summed E-state index contributed by atoms with van der Waals surface area (Å²) >= 11 is 0. The van der Waals surface area contributed by atoms with Gasteiger partial charge in [0.1, 0.15) is 6.04 Å². The monoisotopic (exact) mass is 227 g/mol. The van der Waals surface area contributed by atoms with Crippen LogP contribution in [-0.2, 0) is 14.4 Å². The molecule has 90 valence electrons. The minimum atomic E-state index is -0.618. The number of nitrogens with zero attached hydrogens (tertiary/aromatic N) is 1. The molecule has 0 aromatic rings. The van der Waals surface area contributed by atoms with Crippen molar-refractivity contribution in [2.45, 2.75) is 38.3 Å². The van der Waals surface area contributed by atoms with Gasteiger partial charge in [0.2, 0.25) is 11.8 Å². The lowest BCUT2D eigenvalue weighted by Crippen LogP contribution is -2.55. The average Bonchev–Trinajstić information content (AvgIpc) is 2.28. The Bertz CT molecular complexity index is 316. The normalized spacial score (nSPS) is 23.2. The summed E-state index contributed by atoms with van der Waals surface area (Å²) in [7, 11) is 1.42. The first-order valence-electron chi connectivity index (χ1n) is 5.33. The van der Waals surface area contributed by atoms with Crippen LogP contribution in [0.25, 0.3) is 0 Å². The molecule has 1 fully saturated rings. The van der Waals surface area contributed by atoms with Crippen LogP contribution in [0, 0.1) is 0 Å². The van der Waals surface area contributed by atoms with Crippen molar-refractivity contribution in [2.75, 3.05) is 7.05 Å². The van der Waals surface area contributed by atoms with Gasteiger partial charge in [0.25, 0.3) is 5.91 Å². The Balaban J connectivity index is 2.59. The summed E-state index contributed by atoms with van der Waals surface area (Å²) in [4.78, 5) is 35.4. The number of hydrogen-bond donors (Lipinski definition) is 2. The van der Waals surface area contributed by atoms with E-state index in [2.05, 4.69) is 5.32 Å². The van der Waals surface area contributed by atoms with Crippen LogP contribution in [-0.4, -0.2) is 41.8 Å². The first-order valence-corrected chi connectivity index (χ1v) is 5.33. The molecule has 1 heterocycles. The first kappa shape index (κ1) is 12.6. The SMILES string of the molecule is CC[C@@H](N)C(=O)NC1CCC(=O)N(C)C1=O. The highest BCUT2D eigenvalue weighted by Crippen LogP contribution is 2.11. The van der Waals surface area contributed by atoms with Crippen molar-refractivity contribution < 1.29 is 14.4 Å². The van der Waals surface area contributed by atoms with Crippen molar-refractivity contribution >= 4 is 17.7 Å². The Morgan fingerprint density at radius 1 is 1.62 bits per heavy atom. The lowest BCUT2D eigenvalue weighted by Gasteiger charge is -2.28. The maximum atomic E-state index is 11.6. The quantitative estimate of drug-likeness (QED) is 0.604. The van der Waals surface area contributed by atoms with E-state index in [1.54, 1.807) is 6.92 Å². The van der Waals surface area contributed by atoms with Crippen LogP contribution in [0.2, 0.25) is 0 Å². The van der Waals surface area contributed by atoms with E-state index in [0.29, 0.717) is 12.8 Å². The van der Waals surface area contributed by atoms with Crippen LogP contribution >= 0.6 is 0 Å². The standard InChI is InChI=1S/C10H17N3O3/c1-3-6(11)9(15)12-7-4-5-8(14)13(2)10(7)16/h6-7H,3-5,11H2,1-2H3,(H,12,15)/t6-,7?/m1/s1. The summed E-state index contributed by atoms with van der Waals surface area (Å²) in [5.74, 6) is -0.924. The molecule has 2 atom stereocenters. The Morgan fingerprint density at radius 3 is 2.81 bits per heavy atom. The van der Waals surface area contributed by atoms with Crippen molar-refractivity contribution in [3.8, 4) is 0 Å². The van der Waals surface area contributed by atoms with Gasteiger partial charge < -0.3 is 11.1 Å². The second-order valence-electron chi connectivity index (χ2n) is 3.91. The molecule has 0 saturated carbocycles. The van der Waals surface area contributed by atoms with E-state index in [1.165, 1.54) is 7.05 Å². The number of nitrogens with one attached hydrogen (secondary N) is 1. The predicted molar refractivity (Wildman–Crippen MR) is 57.2 cm³/mol. The number of carbonyl (C=O) groups is 3. The van der Waals surface area contributed by atoms with Gasteiger partial charge in [-0.2, -0.15) is 0 Å². The molecular formula is C10H17N3O3. The lowest BCUT2D eigenvalue weighted by molar-refractivity contribution is -0.149. The van der Waals surface area contributed by atoms with Crippen molar-refractivity contribution in [1.29, 1.82) is 0 Å². The van der Waals surface area contributed by atoms with Crippen LogP contribution in [0.4, 0.5) is 0 Å². The fourth-order valence-corrected chi connectivity index (χ4v) is 1.51. The van der Waals surface area contributed by atoms with E-state index < -0.39 is 12.1 Å². The van der Waals surface area contributed by atoms with Gasteiger partial charge in [-0.1, -0.05) is 6.92 Å². The number of nitrogens with two attached hydrogens (primary N) is 1. The fourth-order valence-electron chi connectivity index (χ4n) is 1.51. The molecule has 0 aromatic heterocycles. The summed E-state index contributed by atoms with van der Waals surface area (Å²) < 4.78 is 0. The molecule has 6 nitrogen and oxygen atoms in total. The van der Waals surface area contributed by atoms with Gasteiger partial charge in [-0.15, -0.1) is 0 Å². The van der Waals surface area contributed by atoms with Crippen molar-refractivity contribution in [3.05, 3.63) is 0 Å². The van der Waals surface area contributed by atoms with Gasteiger partial charge in [-0.05, 0) is 12.8 Å². The number of piperidine rings is 1. The topological polar surface area (TPSA) is 92.5 Å². The second-order valence-corrected chi connectivity index (χ2v) is 3.91. The predicted octanol–water partition coefficient (Wildman–Crippen LogP) is -1.01. The lowest BCUT2D eigenvalue weighted by atomic mass is 10.0. The van der Waals surface area contributed by atoms with Gasteiger partial charge in [-0.3, -0.25) is 19.3 Å². The molecule has 1 unspecified atom stereocenters. The molecule has 6 heteroatoms. The molecule has 3 amide bonds. The van der Waals surface area contributed by atoms with E-state index in [0.717, 1.165) is 4.90 Å². The number of rotatable bonds is 3. The zero-order valence-corrected chi connectivity index (χ0v) is 9.53. The average molecular weight is 227 g/mol. The molecule has 1 rings (SSSR count). The smallest absolute Gasteiger partial charge is 0.251 e. The number of carbonyl (C=O) groups excluding carboxylic acids is 3. The minimum absolute atomic E-state index is 0.213. The highest BCUT2D eigenvalue weighted by atomic mass is 16.2. The van der Waals surface area contributed by atoms with E-state index in [4.69, 9.17) is 5.73 Å². The van der Waals surface area contributed by atoms with Crippen molar-refractivity contribution in [1.82, 2.24) is 10.2 Å². The van der Waals surface area contributed by atoms with E-state index in [1.807, 2.05) is 0 Å². The maximum absolute atomic E-state index is 11.6. The van der Waals surface area contributed by atoms with Gasteiger partial charge >= 0.3 is 0 Å². The highest BCUT2D eigenvalue weighted by molar-refractivity contribution is 6.01. The summed E-state index contributed by atoms with van der Waals surface area (Å²) in [6.45, 7) is 1.79. The minimum Gasteiger partial charge on any atom is -0.343 e. The van der Waals surface area contributed by atoms with Gasteiger partial charge in [0.05, 0.1) is 6.04 Å². The fraction of sp³-hybridized carbons (Fsp3) is 0.700. The Labute approximate surface area is 94.2 Å². The van der Waals surface area contributed by atoms with Crippen LogP contribution in [0.1, 0.15) is 26.2 Å². The third kappa shape index (κ3) is 2.57. The highest BCUT2D eigenvalue weighted by Gasteiger charge is 2.33. The van der Waals surface area contributed by atoms with Gasteiger partial charge in [0, 0.05) is 13.5 Å². The second kappa shape index (κ2) is 5.07. The van der Waals surface area contributed by atoms with Crippen molar-refractivity contribution in [2.24, 2.45) is 5.73 Å². The summed E-state index contributed by atoms with van der Waals surface area (Å²) in [5, 5.41) is 2.56. The van der Waals surface area contributed by atoms with Crippen LogP contribution < -0.4 is 11.1 Å². The van der Waals surface area contributed by atoms with Crippen molar-refractivity contribution in [3.63, 3.8) is 0 Å². The number of amides is 3. The van der Waals surface area contributed by atoms with Crippen LogP contribution in [0.5, 0.6) is 0 Å². The molecule has 3 N–H and O–H groups in total. The molecule has 0 spiro atoms. The summed E-state index contributed by atoms with van der Waals surface area (Å²) in [6.07, 6.45) is 1.14. The van der Waals surface area contributed by atoms with E-state index in [-0.39, 0.29) is 24.1 Å². The summed E-state index contributed by atoms with van der Waals surface area (Å²) in [6, 6.07) is -1.22. The summed E-state index contributed by atoms with van der Waals surface area (Å²) in [5.41, 5.74) is 5.54.